The van der Waals surface area contributed by atoms with Crippen LogP contribution in [0.4, 0.5) is 0 Å². The minimum absolute atomic E-state index is 0.436. The van der Waals surface area contributed by atoms with Gasteiger partial charge in [0.1, 0.15) is 11.6 Å². The largest absolute Gasteiger partial charge is 0.234 e. The third-order valence-corrected chi connectivity index (χ3v) is 4.18. The zero-order chi connectivity index (χ0) is 15.1. The van der Waals surface area contributed by atoms with Gasteiger partial charge in [-0.25, -0.2) is 9.97 Å². The first-order chi connectivity index (χ1) is 10.7. The fourth-order valence-electron chi connectivity index (χ4n) is 3.04. The molecule has 0 unspecified atom stereocenters. The van der Waals surface area contributed by atoms with Crippen LogP contribution in [0.1, 0.15) is 41.2 Å². The molecule has 0 spiro atoms. The predicted molar refractivity (Wildman–Crippen MR) is 85.2 cm³/mol. The molecule has 3 aromatic rings. The third-order valence-electron chi connectivity index (χ3n) is 4.18. The Morgan fingerprint density at radius 3 is 2.50 bits per heavy atom. The molecule has 0 amide bonds. The first-order valence-corrected chi connectivity index (χ1v) is 7.65. The number of pyridine rings is 1. The second-order valence-corrected chi connectivity index (χ2v) is 5.93. The molecule has 0 bridgehead atoms. The molecule has 2 heterocycles. The Labute approximate surface area is 129 Å². The number of hydrogen-bond donors (Lipinski definition) is 0. The highest BCUT2D eigenvalue weighted by molar-refractivity contribution is 5.34. The second kappa shape index (κ2) is 5.05. The summed E-state index contributed by atoms with van der Waals surface area (Å²) in [5.74, 6) is 3.68. The summed E-state index contributed by atoms with van der Waals surface area (Å²) in [6.45, 7) is 3.94. The Morgan fingerprint density at radius 1 is 0.909 bits per heavy atom. The summed E-state index contributed by atoms with van der Waals surface area (Å²) in [7, 11) is 0. The van der Waals surface area contributed by atoms with Crippen molar-refractivity contribution in [2.45, 2.75) is 32.1 Å². The Balaban J connectivity index is 1.70. The van der Waals surface area contributed by atoms with Crippen LogP contribution in [-0.4, -0.2) is 19.7 Å². The van der Waals surface area contributed by atoms with E-state index in [1.54, 1.807) is 0 Å². The molecule has 4 nitrogen and oxygen atoms in total. The van der Waals surface area contributed by atoms with Crippen LogP contribution < -0.4 is 0 Å². The van der Waals surface area contributed by atoms with Gasteiger partial charge < -0.3 is 0 Å². The molecule has 0 N–H and O–H groups in total. The van der Waals surface area contributed by atoms with Gasteiger partial charge in [0.25, 0.3) is 0 Å². The minimum atomic E-state index is 0.436. The van der Waals surface area contributed by atoms with E-state index in [-0.39, 0.29) is 0 Å². The van der Waals surface area contributed by atoms with Crippen LogP contribution in [0, 0.1) is 13.8 Å². The highest BCUT2D eigenvalue weighted by atomic mass is 15.4. The Hall–Kier alpha value is -2.49. The molecule has 1 aromatic carbocycles. The normalized spacial score (nSPS) is 20.1. The molecule has 0 saturated heterocycles. The van der Waals surface area contributed by atoms with Crippen LogP contribution in [-0.2, 0) is 0 Å². The lowest BCUT2D eigenvalue weighted by molar-refractivity contribution is 0.757. The molecule has 22 heavy (non-hydrogen) atoms. The fraction of sp³-hybridized carbons (Fsp3) is 0.278. The molecule has 4 heteroatoms. The van der Waals surface area contributed by atoms with Gasteiger partial charge >= 0.3 is 0 Å². The predicted octanol–water partition coefficient (Wildman–Crippen LogP) is 3.55. The molecule has 4 rings (SSSR count). The average Bonchev–Trinajstić information content (AvgIpc) is 3.24. The molecule has 1 fully saturated rings. The van der Waals surface area contributed by atoms with Crippen molar-refractivity contribution in [1.82, 2.24) is 19.7 Å². The van der Waals surface area contributed by atoms with Crippen molar-refractivity contribution < 1.29 is 0 Å². The van der Waals surface area contributed by atoms with Gasteiger partial charge in [-0.2, -0.15) is 4.68 Å². The summed E-state index contributed by atoms with van der Waals surface area (Å²) in [6, 6.07) is 16.7. The fourth-order valence-corrected chi connectivity index (χ4v) is 3.04. The van der Waals surface area contributed by atoms with Gasteiger partial charge in [0.15, 0.2) is 5.82 Å². The Morgan fingerprint density at radius 2 is 1.73 bits per heavy atom. The van der Waals surface area contributed by atoms with Gasteiger partial charge in [-0.15, -0.1) is 5.10 Å². The van der Waals surface area contributed by atoms with Crippen LogP contribution in [0.15, 0.2) is 48.5 Å². The summed E-state index contributed by atoms with van der Waals surface area (Å²) >= 11 is 0. The van der Waals surface area contributed by atoms with Crippen molar-refractivity contribution in [1.29, 1.82) is 0 Å². The van der Waals surface area contributed by atoms with Crippen molar-refractivity contribution in [2.75, 3.05) is 0 Å². The first kappa shape index (κ1) is 13.2. The van der Waals surface area contributed by atoms with Crippen LogP contribution in [0.25, 0.3) is 5.82 Å². The summed E-state index contributed by atoms with van der Waals surface area (Å²) in [5, 5.41) is 4.55. The number of aromatic nitrogens is 4. The van der Waals surface area contributed by atoms with Crippen molar-refractivity contribution in [2.24, 2.45) is 0 Å². The average molecular weight is 290 g/mol. The highest BCUT2D eigenvalue weighted by Gasteiger charge is 2.43. The van der Waals surface area contributed by atoms with E-state index in [0.717, 1.165) is 29.6 Å². The summed E-state index contributed by atoms with van der Waals surface area (Å²) in [6.07, 6.45) is 1.13. The van der Waals surface area contributed by atoms with Crippen LogP contribution in [0.5, 0.6) is 0 Å². The Kier molecular flexibility index (Phi) is 3.03. The summed E-state index contributed by atoms with van der Waals surface area (Å²) < 4.78 is 1.91. The molecule has 2 atom stereocenters. The molecule has 0 aliphatic heterocycles. The van der Waals surface area contributed by atoms with E-state index >= 15 is 0 Å². The third kappa shape index (κ3) is 2.30. The molecule has 1 saturated carbocycles. The van der Waals surface area contributed by atoms with E-state index in [4.69, 9.17) is 0 Å². The lowest BCUT2D eigenvalue weighted by atomic mass is 10.1. The number of hydrogen-bond acceptors (Lipinski definition) is 3. The van der Waals surface area contributed by atoms with Gasteiger partial charge in [-0.1, -0.05) is 36.4 Å². The number of benzene rings is 1. The SMILES string of the molecule is Cc1cccc(-n2nc(C)nc2[C@@H]2C[C@H]2c2ccccc2)n1. The zero-order valence-corrected chi connectivity index (χ0v) is 12.8. The molecular formula is C18H18N4. The maximum absolute atomic E-state index is 4.67. The molecule has 1 aliphatic rings. The van der Waals surface area contributed by atoms with E-state index in [0.29, 0.717) is 11.8 Å². The van der Waals surface area contributed by atoms with Crippen LogP contribution in [0.3, 0.4) is 0 Å². The van der Waals surface area contributed by atoms with Crippen molar-refractivity contribution in [3.63, 3.8) is 0 Å². The van der Waals surface area contributed by atoms with Gasteiger partial charge in [0.2, 0.25) is 0 Å². The molecule has 0 radical (unpaired) electrons. The standard InChI is InChI=1S/C18H18N4/c1-12-7-6-10-17(19-12)22-18(20-13(2)21-22)16-11-15(16)14-8-4-3-5-9-14/h3-10,15-16H,11H2,1-2H3/t15-,16+/m0/s1. The summed E-state index contributed by atoms with van der Waals surface area (Å²) in [4.78, 5) is 9.25. The van der Waals surface area contributed by atoms with Gasteiger partial charge in [-0.3, -0.25) is 0 Å². The Bertz CT molecular complexity index is 807. The lowest BCUT2D eigenvalue weighted by Gasteiger charge is -2.05. The minimum Gasteiger partial charge on any atom is -0.234 e. The zero-order valence-electron chi connectivity index (χ0n) is 12.8. The van der Waals surface area contributed by atoms with Crippen molar-refractivity contribution in [3.05, 3.63) is 71.4 Å². The topological polar surface area (TPSA) is 43.6 Å². The number of rotatable bonds is 3. The maximum atomic E-state index is 4.67. The quantitative estimate of drug-likeness (QED) is 0.741. The molecule has 2 aromatic heterocycles. The molecular weight excluding hydrogens is 272 g/mol. The van der Waals surface area contributed by atoms with Crippen molar-refractivity contribution in [3.8, 4) is 5.82 Å². The first-order valence-electron chi connectivity index (χ1n) is 7.65. The highest BCUT2D eigenvalue weighted by Crippen LogP contribution is 2.54. The smallest absolute Gasteiger partial charge is 0.155 e. The van der Waals surface area contributed by atoms with Crippen LogP contribution >= 0.6 is 0 Å². The van der Waals surface area contributed by atoms with E-state index < -0.39 is 0 Å². The molecule has 110 valence electrons. The van der Waals surface area contributed by atoms with Crippen molar-refractivity contribution >= 4 is 0 Å². The maximum Gasteiger partial charge on any atom is 0.155 e. The number of nitrogens with zero attached hydrogens (tertiary/aromatic N) is 4. The lowest BCUT2D eigenvalue weighted by Crippen LogP contribution is -2.05. The van der Waals surface area contributed by atoms with E-state index in [1.807, 2.05) is 36.7 Å². The van der Waals surface area contributed by atoms with Gasteiger partial charge in [0.05, 0.1) is 0 Å². The van der Waals surface area contributed by atoms with E-state index in [2.05, 4.69) is 45.4 Å². The second-order valence-electron chi connectivity index (χ2n) is 5.93. The molecule has 1 aliphatic carbocycles. The van der Waals surface area contributed by atoms with Gasteiger partial charge in [-0.05, 0) is 43.9 Å². The van der Waals surface area contributed by atoms with E-state index in [9.17, 15) is 0 Å². The van der Waals surface area contributed by atoms with Gasteiger partial charge in [0, 0.05) is 11.6 Å². The number of aryl methyl sites for hydroxylation is 2. The monoisotopic (exact) mass is 290 g/mol. The summed E-state index contributed by atoms with van der Waals surface area (Å²) in [5.41, 5.74) is 2.38. The van der Waals surface area contributed by atoms with E-state index in [1.165, 1.54) is 5.56 Å². The van der Waals surface area contributed by atoms with Crippen LogP contribution in [0.2, 0.25) is 0 Å².